The Morgan fingerprint density at radius 2 is 1.94 bits per heavy atom. The molecular formula is C13H19NO2. The molecule has 0 N–H and O–H groups in total. The molecule has 0 radical (unpaired) electrons. The van der Waals surface area contributed by atoms with Crippen LogP contribution in [0.4, 0.5) is 0 Å². The smallest absolute Gasteiger partial charge is 0.323 e. The summed E-state index contributed by atoms with van der Waals surface area (Å²) in [4.78, 5) is 13.6. The van der Waals surface area contributed by atoms with Crippen molar-refractivity contribution in [2.75, 3.05) is 20.7 Å². The van der Waals surface area contributed by atoms with Gasteiger partial charge >= 0.3 is 5.97 Å². The first-order valence-electron chi connectivity index (χ1n) is 5.52. The van der Waals surface area contributed by atoms with Gasteiger partial charge in [-0.15, -0.1) is 0 Å². The monoisotopic (exact) mass is 221 g/mol. The van der Waals surface area contributed by atoms with Gasteiger partial charge in [0.2, 0.25) is 0 Å². The summed E-state index contributed by atoms with van der Waals surface area (Å²) in [7, 11) is 3.79. The van der Waals surface area contributed by atoms with Gasteiger partial charge in [0, 0.05) is 0 Å². The lowest BCUT2D eigenvalue weighted by Crippen LogP contribution is -2.38. The maximum absolute atomic E-state index is 11.7. The summed E-state index contributed by atoms with van der Waals surface area (Å²) >= 11 is 0. The zero-order valence-corrected chi connectivity index (χ0v) is 10.1. The number of carbonyl (C=O) groups excluding carboxylic acids is 1. The van der Waals surface area contributed by atoms with Gasteiger partial charge in [0.05, 0.1) is 6.61 Å². The number of ether oxygens (including phenoxy) is 1. The number of carbonyl (C=O) groups is 1. The van der Waals surface area contributed by atoms with E-state index in [4.69, 9.17) is 4.74 Å². The van der Waals surface area contributed by atoms with Crippen LogP contribution < -0.4 is 0 Å². The van der Waals surface area contributed by atoms with Gasteiger partial charge in [-0.25, -0.2) is 0 Å². The second kappa shape index (κ2) is 6.28. The molecule has 0 saturated carbocycles. The van der Waals surface area contributed by atoms with Crippen molar-refractivity contribution in [3.63, 3.8) is 0 Å². The first-order chi connectivity index (χ1) is 7.65. The van der Waals surface area contributed by atoms with Gasteiger partial charge in [-0.2, -0.15) is 0 Å². The van der Waals surface area contributed by atoms with Crippen molar-refractivity contribution < 1.29 is 9.53 Å². The molecule has 0 aliphatic rings. The Bertz CT molecular complexity index is 322. The third kappa shape index (κ3) is 3.66. The summed E-state index contributed by atoms with van der Waals surface area (Å²) in [5.41, 5.74) is 1.15. The molecule has 1 atom stereocenters. The maximum atomic E-state index is 11.7. The molecule has 3 nitrogen and oxygen atoms in total. The standard InChI is InChI=1S/C13H19NO2/c1-4-16-13(15)12(14(2)3)10-11-8-6-5-7-9-11/h5-9,12H,4,10H2,1-3H3/t12-/m1/s1. The first-order valence-corrected chi connectivity index (χ1v) is 5.52. The van der Waals surface area contributed by atoms with Crippen LogP contribution in [0, 0.1) is 0 Å². The third-order valence-corrected chi connectivity index (χ3v) is 2.45. The van der Waals surface area contributed by atoms with Crippen molar-refractivity contribution in [3.05, 3.63) is 35.9 Å². The highest BCUT2D eigenvalue weighted by Crippen LogP contribution is 2.08. The number of rotatable bonds is 5. The van der Waals surface area contributed by atoms with Crippen LogP contribution >= 0.6 is 0 Å². The lowest BCUT2D eigenvalue weighted by atomic mass is 10.1. The second-order valence-corrected chi connectivity index (χ2v) is 3.92. The van der Waals surface area contributed by atoms with Crippen molar-refractivity contribution in [1.82, 2.24) is 4.90 Å². The van der Waals surface area contributed by atoms with Crippen LogP contribution in [-0.4, -0.2) is 37.6 Å². The molecule has 1 aromatic carbocycles. The quantitative estimate of drug-likeness (QED) is 0.709. The average Bonchev–Trinajstić information content (AvgIpc) is 2.27. The van der Waals surface area contributed by atoms with Gasteiger partial charge in [-0.1, -0.05) is 30.3 Å². The molecule has 16 heavy (non-hydrogen) atoms. The van der Waals surface area contributed by atoms with E-state index in [2.05, 4.69) is 0 Å². The topological polar surface area (TPSA) is 29.5 Å². The average molecular weight is 221 g/mol. The van der Waals surface area contributed by atoms with E-state index in [1.165, 1.54) is 0 Å². The molecule has 0 spiro atoms. The molecule has 0 unspecified atom stereocenters. The van der Waals surface area contributed by atoms with E-state index in [0.717, 1.165) is 5.56 Å². The van der Waals surface area contributed by atoms with Crippen LogP contribution in [0.25, 0.3) is 0 Å². The highest BCUT2D eigenvalue weighted by Gasteiger charge is 2.22. The molecule has 0 bridgehead atoms. The molecular weight excluding hydrogens is 202 g/mol. The molecule has 1 rings (SSSR count). The van der Waals surface area contributed by atoms with Gasteiger partial charge in [0.1, 0.15) is 6.04 Å². The van der Waals surface area contributed by atoms with Crippen molar-refractivity contribution in [1.29, 1.82) is 0 Å². The van der Waals surface area contributed by atoms with E-state index in [-0.39, 0.29) is 12.0 Å². The lowest BCUT2D eigenvalue weighted by molar-refractivity contribution is -0.148. The Kier molecular flexibility index (Phi) is 4.99. The molecule has 0 aliphatic carbocycles. The van der Waals surface area contributed by atoms with Crippen LogP contribution in [0.3, 0.4) is 0 Å². The number of hydrogen-bond acceptors (Lipinski definition) is 3. The minimum absolute atomic E-state index is 0.156. The Morgan fingerprint density at radius 3 is 2.44 bits per heavy atom. The maximum Gasteiger partial charge on any atom is 0.323 e. The number of esters is 1. The Hall–Kier alpha value is -1.35. The Morgan fingerprint density at radius 1 is 1.31 bits per heavy atom. The molecule has 0 heterocycles. The minimum Gasteiger partial charge on any atom is -0.465 e. The summed E-state index contributed by atoms with van der Waals surface area (Å²) < 4.78 is 5.06. The number of benzene rings is 1. The summed E-state index contributed by atoms with van der Waals surface area (Å²) in [5.74, 6) is -0.156. The van der Waals surface area contributed by atoms with Gasteiger partial charge in [0.25, 0.3) is 0 Å². The van der Waals surface area contributed by atoms with E-state index < -0.39 is 0 Å². The summed E-state index contributed by atoms with van der Waals surface area (Å²) in [5, 5.41) is 0. The SMILES string of the molecule is CCOC(=O)[C@@H](Cc1ccccc1)N(C)C. The Labute approximate surface area is 97.0 Å². The van der Waals surface area contributed by atoms with Crippen LogP contribution in [0.2, 0.25) is 0 Å². The molecule has 1 aromatic rings. The fourth-order valence-electron chi connectivity index (χ4n) is 1.55. The lowest BCUT2D eigenvalue weighted by Gasteiger charge is -2.22. The fraction of sp³-hybridized carbons (Fsp3) is 0.462. The fourth-order valence-corrected chi connectivity index (χ4v) is 1.55. The Balaban J connectivity index is 2.69. The van der Waals surface area contributed by atoms with E-state index in [1.807, 2.05) is 56.3 Å². The number of likely N-dealkylation sites (N-methyl/N-ethyl adjacent to an activating group) is 1. The molecule has 0 fully saturated rings. The highest BCUT2D eigenvalue weighted by atomic mass is 16.5. The molecule has 0 aromatic heterocycles. The van der Waals surface area contributed by atoms with Gasteiger partial charge in [-0.3, -0.25) is 9.69 Å². The minimum atomic E-state index is -0.206. The third-order valence-electron chi connectivity index (χ3n) is 2.45. The van der Waals surface area contributed by atoms with E-state index >= 15 is 0 Å². The predicted octanol–water partition coefficient (Wildman–Crippen LogP) is 1.72. The van der Waals surface area contributed by atoms with Crippen molar-refractivity contribution in [3.8, 4) is 0 Å². The van der Waals surface area contributed by atoms with E-state index in [9.17, 15) is 4.79 Å². The zero-order valence-electron chi connectivity index (χ0n) is 10.1. The molecule has 0 amide bonds. The zero-order chi connectivity index (χ0) is 12.0. The molecule has 0 aliphatic heterocycles. The van der Waals surface area contributed by atoms with Crippen LogP contribution in [0.15, 0.2) is 30.3 Å². The van der Waals surface area contributed by atoms with E-state index in [0.29, 0.717) is 13.0 Å². The van der Waals surface area contributed by atoms with Crippen molar-refractivity contribution in [2.45, 2.75) is 19.4 Å². The first kappa shape index (κ1) is 12.7. The normalized spacial score (nSPS) is 12.5. The van der Waals surface area contributed by atoms with Crippen LogP contribution in [0.1, 0.15) is 12.5 Å². The number of hydrogen-bond donors (Lipinski definition) is 0. The van der Waals surface area contributed by atoms with Gasteiger partial charge < -0.3 is 4.74 Å². The molecule has 0 saturated heterocycles. The molecule has 88 valence electrons. The molecule has 3 heteroatoms. The van der Waals surface area contributed by atoms with Crippen LogP contribution in [0.5, 0.6) is 0 Å². The van der Waals surface area contributed by atoms with Gasteiger partial charge in [0.15, 0.2) is 0 Å². The van der Waals surface area contributed by atoms with E-state index in [1.54, 1.807) is 0 Å². The van der Waals surface area contributed by atoms with Crippen molar-refractivity contribution >= 4 is 5.97 Å². The van der Waals surface area contributed by atoms with Gasteiger partial charge in [-0.05, 0) is 33.0 Å². The second-order valence-electron chi connectivity index (χ2n) is 3.92. The summed E-state index contributed by atoms with van der Waals surface area (Å²) in [6, 6.07) is 9.77. The van der Waals surface area contributed by atoms with Crippen molar-refractivity contribution in [2.24, 2.45) is 0 Å². The highest BCUT2D eigenvalue weighted by molar-refractivity contribution is 5.76. The summed E-state index contributed by atoms with van der Waals surface area (Å²) in [6.45, 7) is 2.26. The predicted molar refractivity (Wildman–Crippen MR) is 64.3 cm³/mol. The van der Waals surface area contributed by atoms with Crippen LogP contribution in [-0.2, 0) is 16.0 Å². The largest absolute Gasteiger partial charge is 0.465 e. The number of nitrogens with zero attached hydrogens (tertiary/aromatic N) is 1. The summed E-state index contributed by atoms with van der Waals surface area (Å²) in [6.07, 6.45) is 0.687.